The number of rotatable bonds is 6. The Kier molecular flexibility index (Phi) is 5.52. The van der Waals surface area contributed by atoms with Gasteiger partial charge in [-0.3, -0.25) is 4.99 Å². The van der Waals surface area contributed by atoms with Crippen molar-refractivity contribution in [1.29, 1.82) is 0 Å². The average molecular weight is 301 g/mol. The van der Waals surface area contributed by atoms with Crippen molar-refractivity contribution in [3.05, 3.63) is 36.2 Å². The third-order valence-electron chi connectivity index (χ3n) is 3.51. The van der Waals surface area contributed by atoms with E-state index in [1.165, 1.54) is 0 Å². The summed E-state index contributed by atoms with van der Waals surface area (Å²) in [7, 11) is 0. The molecule has 0 amide bonds. The Bertz CT molecular complexity index is 604. The molecule has 2 aromatic rings. The van der Waals surface area contributed by atoms with Crippen molar-refractivity contribution in [2.75, 3.05) is 19.6 Å². The van der Waals surface area contributed by atoms with Crippen LogP contribution in [0.4, 0.5) is 0 Å². The van der Waals surface area contributed by atoms with Gasteiger partial charge in [0.25, 0.3) is 0 Å². The summed E-state index contributed by atoms with van der Waals surface area (Å²) in [5.74, 6) is 1.76. The van der Waals surface area contributed by atoms with Crippen LogP contribution in [-0.4, -0.2) is 40.6 Å². The van der Waals surface area contributed by atoms with Crippen molar-refractivity contribution in [3.63, 3.8) is 0 Å². The fourth-order valence-corrected chi connectivity index (χ4v) is 2.10. The summed E-state index contributed by atoms with van der Waals surface area (Å²) in [5.41, 5.74) is 6.91. The molecule has 22 heavy (non-hydrogen) atoms. The number of hydrogen-bond donors (Lipinski definition) is 1. The zero-order valence-corrected chi connectivity index (χ0v) is 13.4. The number of nitrogens with two attached hydrogens (primary N) is 1. The predicted molar refractivity (Wildman–Crippen MR) is 87.6 cm³/mol. The summed E-state index contributed by atoms with van der Waals surface area (Å²) in [6, 6.07) is 9.76. The monoisotopic (exact) mass is 301 g/mol. The van der Waals surface area contributed by atoms with Crippen molar-refractivity contribution in [2.45, 2.75) is 26.7 Å². The van der Waals surface area contributed by atoms with Crippen LogP contribution in [0.15, 0.2) is 39.8 Å². The minimum absolute atomic E-state index is 0.0269. The summed E-state index contributed by atoms with van der Waals surface area (Å²) in [5, 5.41) is 4.03. The van der Waals surface area contributed by atoms with Crippen LogP contribution in [0.3, 0.4) is 0 Å². The molecule has 6 heteroatoms. The topological polar surface area (TPSA) is 80.5 Å². The Morgan fingerprint density at radius 3 is 2.59 bits per heavy atom. The molecule has 2 rings (SSSR count). The van der Waals surface area contributed by atoms with E-state index >= 15 is 0 Å². The van der Waals surface area contributed by atoms with Gasteiger partial charge in [-0.15, -0.1) is 0 Å². The molecule has 6 nitrogen and oxygen atoms in total. The van der Waals surface area contributed by atoms with Gasteiger partial charge in [-0.05, 0) is 13.8 Å². The molecule has 0 radical (unpaired) electrons. The van der Waals surface area contributed by atoms with Gasteiger partial charge in [0.15, 0.2) is 5.96 Å². The van der Waals surface area contributed by atoms with Gasteiger partial charge in [0.1, 0.15) is 0 Å². The lowest BCUT2D eigenvalue weighted by atomic mass is 10.2. The fraction of sp³-hybridized carbons (Fsp3) is 0.438. The zero-order chi connectivity index (χ0) is 15.9. The molecule has 0 aliphatic rings. The van der Waals surface area contributed by atoms with Gasteiger partial charge in [-0.2, -0.15) is 4.98 Å². The van der Waals surface area contributed by atoms with Gasteiger partial charge in [0, 0.05) is 18.7 Å². The van der Waals surface area contributed by atoms with Crippen molar-refractivity contribution < 1.29 is 4.52 Å². The molecule has 0 saturated carbocycles. The Morgan fingerprint density at radius 2 is 1.95 bits per heavy atom. The smallest absolute Gasteiger partial charge is 0.231 e. The molecule has 0 aliphatic heterocycles. The third kappa shape index (κ3) is 3.84. The Balaban J connectivity index is 2.03. The number of guanidine groups is 1. The summed E-state index contributed by atoms with van der Waals surface area (Å²) in [4.78, 5) is 10.9. The highest BCUT2D eigenvalue weighted by molar-refractivity contribution is 5.78. The van der Waals surface area contributed by atoms with Gasteiger partial charge in [-0.1, -0.05) is 42.4 Å². The summed E-state index contributed by atoms with van der Waals surface area (Å²) in [6.07, 6.45) is 0. The molecule has 1 heterocycles. The molecule has 1 atom stereocenters. The second-order valence-corrected chi connectivity index (χ2v) is 5.09. The van der Waals surface area contributed by atoms with Crippen molar-refractivity contribution in [3.8, 4) is 11.4 Å². The minimum Gasteiger partial charge on any atom is -0.370 e. The van der Waals surface area contributed by atoms with Crippen molar-refractivity contribution in [1.82, 2.24) is 15.0 Å². The SMILES string of the molecule is CCN(CC)C(N)=NCC(C)c1nc(-c2ccccc2)no1. The second kappa shape index (κ2) is 7.59. The highest BCUT2D eigenvalue weighted by Gasteiger charge is 2.15. The predicted octanol–water partition coefficient (Wildman–Crippen LogP) is 2.50. The van der Waals surface area contributed by atoms with E-state index in [-0.39, 0.29) is 5.92 Å². The summed E-state index contributed by atoms with van der Waals surface area (Å²) >= 11 is 0. The first-order valence-electron chi connectivity index (χ1n) is 7.59. The van der Waals surface area contributed by atoms with E-state index in [1.807, 2.05) is 42.2 Å². The van der Waals surface area contributed by atoms with Crippen molar-refractivity contribution >= 4 is 5.96 Å². The first kappa shape index (κ1) is 16.0. The lowest BCUT2D eigenvalue weighted by molar-refractivity contribution is 0.361. The molecule has 1 aromatic heterocycles. The minimum atomic E-state index is 0.0269. The Morgan fingerprint density at radius 1 is 1.27 bits per heavy atom. The van der Waals surface area contributed by atoms with Gasteiger partial charge in [-0.25, -0.2) is 0 Å². The number of hydrogen-bond acceptors (Lipinski definition) is 4. The van der Waals surface area contributed by atoms with E-state index in [9.17, 15) is 0 Å². The van der Waals surface area contributed by atoms with Crippen LogP contribution in [0, 0.1) is 0 Å². The van der Waals surface area contributed by atoms with E-state index in [2.05, 4.69) is 29.0 Å². The molecule has 0 aliphatic carbocycles. The molecule has 1 aromatic carbocycles. The number of aromatic nitrogens is 2. The maximum atomic E-state index is 5.97. The van der Waals surface area contributed by atoms with Gasteiger partial charge < -0.3 is 15.2 Å². The molecule has 0 fully saturated rings. The standard InChI is InChI=1S/C16H23N5O/c1-4-21(5-2)16(17)18-11-12(3)15-19-14(20-22-15)13-9-7-6-8-10-13/h6-10,12H,4-5,11H2,1-3H3,(H2,17,18). The van der Waals surface area contributed by atoms with Crippen LogP contribution < -0.4 is 5.73 Å². The first-order valence-corrected chi connectivity index (χ1v) is 7.59. The quantitative estimate of drug-likeness (QED) is 0.655. The van der Waals surface area contributed by atoms with Gasteiger partial charge >= 0.3 is 0 Å². The zero-order valence-electron chi connectivity index (χ0n) is 13.4. The molecule has 1 unspecified atom stereocenters. The van der Waals surface area contributed by atoms with Crippen LogP contribution in [0.1, 0.15) is 32.6 Å². The van der Waals surface area contributed by atoms with Crippen LogP contribution in [0.25, 0.3) is 11.4 Å². The van der Waals surface area contributed by atoms with E-state index < -0.39 is 0 Å². The molecular formula is C16H23N5O. The highest BCUT2D eigenvalue weighted by atomic mass is 16.5. The maximum absolute atomic E-state index is 5.97. The normalized spacial score (nSPS) is 13.1. The van der Waals surface area contributed by atoms with E-state index in [0.717, 1.165) is 18.7 Å². The lowest BCUT2D eigenvalue weighted by Crippen LogP contribution is -2.37. The molecule has 0 saturated heterocycles. The van der Waals surface area contributed by atoms with Crippen LogP contribution in [0.5, 0.6) is 0 Å². The van der Waals surface area contributed by atoms with Crippen molar-refractivity contribution in [2.24, 2.45) is 10.7 Å². The molecule has 0 spiro atoms. The van der Waals surface area contributed by atoms with Crippen LogP contribution in [0.2, 0.25) is 0 Å². The van der Waals surface area contributed by atoms with Crippen LogP contribution in [-0.2, 0) is 0 Å². The lowest BCUT2D eigenvalue weighted by Gasteiger charge is -2.19. The largest absolute Gasteiger partial charge is 0.370 e. The van der Waals surface area contributed by atoms with Gasteiger partial charge in [0.05, 0.1) is 12.5 Å². The number of nitrogens with zero attached hydrogens (tertiary/aromatic N) is 4. The molecule has 0 bridgehead atoms. The summed E-state index contributed by atoms with van der Waals surface area (Å²) < 4.78 is 5.34. The molecular weight excluding hydrogens is 278 g/mol. The maximum Gasteiger partial charge on any atom is 0.231 e. The van der Waals surface area contributed by atoms with E-state index in [0.29, 0.717) is 24.2 Å². The Hall–Kier alpha value is -2.37. The average Bonchev–Trinajstić information content (AvgIpc) is 3.04. The van der Waals surface area contributed by atoms with E-state index in [1.54, 1.807) is 0 Å². The first-order chi connectivity index (χ1) is 10.7. The van der Waals surface area contributed by atoms with Crippen LogP contribution >= 0.6 is 0 Å². The number of benzene rings is 1. The third-order valence-corrected chi connectivity index (χ3v) is 3.51. The molecule has 118 valence electrons. The molecule has 2 N–H and O–H groups in total. The Labute approximate surface area is 131 Å². The van der Waals surface area contributed by atoms with E-state index in [4.69, 9.17) is 10.3 Å². The second-order valence-electron chi connectivity index (χ2n) is 5.09. The summed E-state index contributed by atoms with van der Waals surface area (Å²) in [6.45, 7) is 8.33. The number of aliphatic imine (C=N–C) groups is 1. The highest BCUT2D eigenvalue weighted by Crippen LogP contribution is 2.19. The fourth-order valence-electron chi connectivity index (χ4n) is 2.10. The van der Waals surface area contributed by atoms with Gasteiger partial charge in [0.2, 0.25) is 11.7 Å².